The van der Waals surface area contributed by atoms with Crippen molar-refractivity contribution in [2.45, 2.75) is 29.9 Å². The largest absolute Gasteiger partial charge is 0.464 e. The van der Waals surface area contributed by atoms with Crippen molar-refractivity contribution in [2.24, 2.45) is 0 Å². The lowest BCUT2D eigenvalue weighted by Gasteiger charge is -2.18. The van der Waals surface area contributed by atoms with Crippen molar-refractivity contribution in [1.82, 2.24) is 0 Å². The van der Waals surface area contributed by atoms with Crippen LogP contribution in [-0.4, -0.2) is 0 Å². The Morgan fingerprint density at radius 1 is 1.15 bits per heavy atom. The maximum absolute atomic E-state index is 5.81. The minimum Gasteiger partial charge on any atom is -0.464 e. The van der Waals surface area contributed by atoms with E-state index < -0.39 is 0 Å². The van der Waals surface area contributed by atoms with Crippen LogP contribution in [0.2, 0.25) is 0 Å². The number of furan rings is 1. The van der Waals surface area contributed by atoms with Gasteiger partial charge in [0.2, 0.25) is 0 Å². The van der Waals surface area contributed by atoms with Gasteiger partial charge in [-0.3, -0.25) is 0 Å². The summed E-state index contributed by atoms with van der Waals surface area (Å²) in [5.74, 6) is 1.46. The average molecular weight is 280 g/mol. The maximum atomic E-state index is 5.81. The number of hydrogen-bond acceptors (Lipinski definition) is 2. The number of hydrogen-bond donors (Lipinski definition) is 0. The van der Waals surface area contributed by atoms with Crippen LogP contribution < -0.4 is 0 Å². The van der Waals surface area contributed by atoms with E-state index in [0.717, 1.165) is 17.8 Å². The number of fused-ring (bicyclic) bond motifs is 4. The van der Waals surface area contributed by atoms with E-state index in [1.54, 1.807) is 0 Å². The van der Waals surface area contributed by atoms with E-state index >= 15 is 0 Å². The Morgan fingerprint density at radius 2 is 2.05 bits per heavy atom. The highest BCUT2D eigenvalue weighted by Gasteiger charge is 2.25. The Hall–Kier alpha value is -1.67. The van der Waals surface area contributed by atoms with Gasteiger partial charge < -0.3 is 4.42 Å². The van der Waals surface area contributed by atoms with Crippen LogP contribution in [0, 0.1) is 0 Å². The molecular weight excluding hydrogens is 264 g/mol. The van der Waals surface area contributed by atoms with Crippen molar-refractivity contribution in [3.63, 3.8) is 0 Å². The van der Waals surface area contributed by atoms with E-state index in [4.69, 9.17) is 4.42 Å². The lowest BCUT2D eigenvalue weighted by molar-refractivity contribution is 0.603. The molecule has 1 nitrogen and oxygen atoms in total. The van der Waals surface area contributed by atoms with Gasteiger partial charge in [0.15, 0.2) is 0 Å². The summed E-state index contributed by atoms with van der Waals surface area (Å²) >= 11 is 1.94. The molecule has 0 bridgehead atoms. The normalized spacial score (nSPS) is 17.6. The standard InChI is InChI=1S/C18H16OS/c1-2-14-15-5-3-4-6-16(15)20-11-13-8-7-12-9-10-19-18(12)17(13)14/h3-10,14H,2,11H2,1H3. The van der Waals surface area contributed by atoms with Gasteiger partial charge in [-0.05, 0) is 29.7 Å². The van der Waals surface area contributed by atoms with E-state index in [0.29, 0.717) is 5.92 Å². The van der Waals surface area contributed by atoms with Crippen LogP contribution in [0.4, 0.5) is 0 Å². The van der Waals surface area contributed by atoms with Crippen LogP contribution in [0.3, 0.4) is 0 Å². The molecule has 0 fully saturated rings. The van der Waals surface area contributed by atoms with Crippen LogP contribution >= 0.6 is 11.8 Å². The van der Waals surface area contributed by atoms with Gasteiger partial charge in [-0.25, -0.2) is 0 Å². The average Bonchev–Trinajstić information content (AvgIpc) is 2.90. The summed E-state index contributed by atoms with van der Waals surface area (Å²) in [6.07, 6.45) is 2.91. The first-order valence-electron chi connectivity index (χ1n) is 7.09. The Balaban J connectivity index is 2.04. The quantitative estimate of drug-likeness (QED) is 0.577. The predicted octanol–water partition coefficient (Wildman–Crippen LogP) is 5.58. The Morgan fingerprint density at radius 3 is 2.95 bits per heavy atom. The molecule has 1 aliphatic rings. The molecule has 0 spiro atoms. The highest BCUT2D eigenvalue weighted by molar-refractivity contribution is 7.98. The van der Waals surface area contributed by atoms with Crippen LogP contribution in [0.15, 0.2) is 58.0 Å². The molecule has 0 N–H and O–H groups in total. The minimum atomic E-state index is 0.436. The molecule has 0 radical (unpaired) electrons. The second kappa shape index (κ2) is 4.71. The third kappa shape index (κ3) is 1.71. The lowest BCUT2D eigenvalue weighted by atomic mass is 9.85. The number of thioether (sulfide) groups is 1. The second-order valence-corrected chi connectivity index (χ2v) is 6.28. The maximum Gasteiger partial charge on any atom is 0.137 e. The summed E-state index contributed by atoms with van der Waals surface area (Å²) in [5.41, 5.74) is 5.34. The highest BCUT2D eigenvalue weighted by Crippen LogP contribution is 2.44. The molecule has 0 amide bonds. The molecule has 2 heterocycles. The minimum absolute atomic E-state index is 0.436. The fourth-order valence-electron chi connectivity index (χ4n) is 3.24. The van der Waals surface area contributed by atoms with E-state index in [-0.39, 0.29) is 0 Å². The van der Waals surface area contributed by atoms with Crippen LogP contribution in [-0.2, 0) is 5.75 Å². The summed E-state index contributed by atoms with van der Waals surface area (Å²) in [6.45, 7) is 2.27. The van der Waals surface area contributed by atoms with Crippen molar-refractivity contribution in [3.05, 3.63) is 65.4 Å². The molecule has 0 aliphatic carbocycles. The molecule has 2 aromatic carbocycles. The van der Waals surface area contributed by atoms with E-state index in [2.05, 4.69) is 49.4 Å². The van der Waals surface area contributed by atoms with Gasteiger partial charge in [0.05, 0.1) is 6.26 Å². The summed E-state index contributed by atoms with van der Waals surface area (Å²) in [7, 11) is 0. The first-order chi connectivity index (χ1) is 9.88. The van der Waals surface area contributed by atoms with E-state index in [1.165, 1.54) is 27.0 Å². The molecule has 0 saturated heterocycles. The number of benzene rings is 2. The molecule has 4 rings (SSSR count). The van der Waals surface area contributed by atoms with Crippen LogP contribution in [0.1, 0.15) is 36.0 Å². The topological polar surface area (TPSA) is 13.1 Å². The van der Waals surface area contributed by atoms with Crippen molar-refractivity contribution < 1.29 is 4.42 Å². The fraction of sp³-hybridized carbons (Fsp3) is 0.222. The molecule has 100 valence electrons. The second-order valence-electron chi connectivity index (χ2n) is 5.26. The molecular formula is C18H16OS. The zero-order chi connectivity index (χ0) is 13.5. The Kier molecular flexibility index (Phi) is 2.85. The summed E-state index contributed by atoms with van der Waals surface area (Å²) in [4.78, 5) is 1.41. The van der Waals surface area contributed by atoms with Crippen LogP contribution in [0.25, 0.3) is 11.0 Å². The van der Waals surface area contributed by atoms with Gasteiger partial charge in [-0.15, -0.1) is 11.8 Å². The monoisotopic (exact) mass is 280 g/mol. The molecule has 2 heteroatoms. The number of rotatable bonds is 1. The third-order valence-electron chi connectivity index (χ3n) is 4.18. The molecule has 20 heavy (non-hydrogen) atoms. The molecule has 1 atom stereocenters. The predicted molar refractivity (Wildman–Crippen MR) is 84.4 cm³/mol. The zero-order valence-corrected chi connectivity index (χ0v) is 12.2. The van der Waals surface area contributed by atoms with Crippen LogP contribution in [0.5, 0.6) is 0 Å². The molecule has 1 aliphatic heterocycles. The van der Waals surface area contributed by atoms with E-state index in [1.807, 2.05) is 18.0 Å². The van der Waals surface area contributed by atoms with Crippen molar-refractivity contribution in [1.29, 1.82) is 0 Å². The van der Waals surface area contributed by atoms with Gasteiger partial charge in [0.25, 0.3) is 0 Å². The zero-order valence-electron chi connectivity index (χ0n) is 11.4. The van der Waals surface area contributed by atoms with Gasteiger partial charge in [-0.1, -0.05) is 37.3 Å². The Labute approximate surface area is 123 Å². The van der Waals surface area contributed by atoms with Crippen molar-refractivity contribution in [3.8, 4) is 0 Å². The highest BCUT2D eigenvalue weighted by atomic mass is 32.2. The molecule has 0 saturated carbocycles. The van der Waals surface area contributed by atoms with Gasteiger partial charge in [-0.2, -0.15) is 0 Å². The van der Waals surface area contributed by atoms with Gasteiger partial charge in [0.1, 0.15) is 5.58 Å². The summed E-state index contributed by atoms with van der Waals surface area (Å²) in [6, 6.07) is 15.3. The third-order valence-corrected chi connectivity index (χ3v) is 5.32. The lowest BCUT2D eigenvalue weighted by Crippen LogP contribution is -2.02. The Bertz CT molecular complexity index is 772. The smallest absolute Gasteiger partial charge is 0.137 e. The van der Waals surface area contributed by atoms with E-state index in [9.17, 15) is 0 Å². The summed E-state index contributed by atoms with van der Waals surface area (Å²) in [5, 5.41) is 1.21. The fourth-order valence-corrected chi connectivity index (χ4v) is 4.35. The first kappa shape index (κ1) is 12.1. The van der Waals surface area contributed by atoms with Gasteiger partial charge in [0, 0.05) is 27.5 Å². The molecule has 1 unspecified atom stereocenters. The summed E-state index contributed by atoms with van der Waals surface area (Å²) < 4.78 is 5.81. The van der Waals surface area contributed by atoms with Gasteiger partial charge >= 0.3 is 0 Å². The SMILES string of the molecule is CCC1c2ccccc2SCc2ccc3ccoc3c21. The molecule has 1 aromatic heterocycles. The molecule has 3 aromatic rings. The van der Waals surface area contributed by atoms with Crippen molar-refractivity contribution >= 4 is 22.7 Å². The first-order valence-corrected chi connectivity index (χ1v) is 8.07. The van der Waals surface area contributed by atoms with Crippen molar-refractivity contribution in [2.75, 3.05) is 0 Å².